The number of aryl methyl sites for hydroxylation is 1. The third-order valence-electron chi connectivity index (χ3n) is 6.79. The van der Waals surface area contributed by atoms with Crippen LogP contribution in [0.5, 0.6) is 0 Å². The molecule has 3 heterocycles. The van der Waals surface area contributed by atoms with Gasteiger partial charge in [0.2, 0.25) is 5.95 Å². The third kappa shape index (κ3) is 4.96. The lowest BCUT2D eigenvalue weighted by atomic mass is 9.77. The minimum Gasteiger partial charge on any atom is -0.399 e. The molecule has 1 aliphatic rings. The van der Waals surface area contributed by atoms with E-state index in [1.54, 1.807) is 4.57 Å². The molecule has 0 saturated carbocycles. The first kappa shape index (κ1) is 26.8. The molecule has 0 radical (unpaired) electrons. The predicted octanol–water partition coefficient (Wildman–Crippen LogP) is 2.76. The number of nitrogens with zero attached hydrogens (tertiary/aromatic N) is 5. The number of hydrogen-bond donors (Lipinski definition) is 2. The van der Waals surface area contributed by atoms with Gasteiger partial charge in [-0.2, -0.15) is 10.2 Å². The molecular weight excluding hydrogens is 481 g/mol. The molecule has 2 aromatic heterocycles. The van der Waals surface area contributed by atoms with Crippen LogP contribution in [0.3, 0.4) is 0 Å². The molecule has 4 aromatic rings. The van der Waals surface area contributed by atoms with Crippen LogP contribution in [0.25, 0.3) is 16.6 Å². The van der Waals surface area contributed by atoms with Crippen LogP contribution >= 0.6 is 0 Å². The van der Waals surface area contributed by atoms with Crippen molar-refractivity contribution in [2.24, 2.45) is 0 Å². The van der Waals surface area contributed by atoms with Gasteiger partial charge >= 0.3 is 7.12 Å². The second-order valence-electron chi connectivity index (χ2n) is 9.83. The normalized spacial score (nSPS) is 15.5. The smallest absolute Gasteiger partial charge is 0.399 e. The molecular formula is C27H30BN7O3. The molecule has 1 saturated heterocycles. The Morgan fingerprint density at radius 1 is 1.00 bits per heavy atom. The van der Waals surface area contributed by atoms with E-state index >= 15 is 0 Å². The summed E-state index contributed by atoms with van der Waals surface area (Å²) >= 11 is 0. The van der Waals surface area contributed by atoms with Crippen LogP contribution in [0.1, 0.15) is 46.0 Å². The van der Waals surface area contributed by atoms with Gasteiger partial charge in [0.1, 0.15) is 23.3 Å². The van der Waals surface area contributed by atoms with Gasteiger partial charge in [-0.05, 0) is 51.4 Å². The second kappa shape index (κ2) is 10.2. The van der Waals surface area contributed by atoms with Gasteiger partial charge in [0.05, 0.1) is 34.0 Å². The van der Waals surface area contributed by atoms with Crippen molar-refractivity contribution in [1.82, 2.24) is 19.5 Å². The van der Waals surface area contributed by atoms with Crippen molar-refractivity contribution in [2.45, 2.75) is 52.2 Å². The Labute approximate surface area is 221 Å². The average molecular weight is 511 g/mol. The first-order valence-corrected chi connectivity index (χ1v) is 12.2. The fourth-order valence-corrected chi connectivity index (χ4v) is 4.04. The number of hydrogen-bond acceptors (Lipinski definition) is 9. The average Bonchev–Trinajstić information content (AvgIpc) is 3.11. The topological polar surface area (TPSA) is 155 Å². The highest BCUT2D eigenvalue weighted by molar-refractivity contribution is 6.65. The van der Waals surface area contributed by atoms with E-state index in [4.69, 9.17) is 31.0 Å². The van der Waals surface area contributed by atoms with Gasteiger partial charge in [-0.1, -0.05) is 37.3 Å². The summed E-state index contributed by atoms with van der Waals surface area (Å²) in [5.41, 5.74) is 11.8. The van der Waals surface area contributed by atoms with Crippen molar-refractivity contribution in [3.8, 4) is 11.8 Å². The SMILES string of the molecule is CCc1nc2cccc(B3OC(C)(C)C(C)(C)O3)c2c(=O)n1-c1ccccc1.N#Cc1cnc(N)nc1N. The minimum absolute atomic E-state index is 0.0801. The molecule has 194 valence electrons. The molecule has 10 nitrogen and oxygen atoms in total. The quantitative estimate of drug-likeness (QED) is 0.395. The Kier molecular flexibility index (Phi) is 7.22. The number of nitrogen functional groups attached to an aromatic ring is 2. The molecule has 38 heavy (non-hydrogen) atoms. The molecule has 0 unspecified atom stereocenters. The van der Waals surface area contributed by atoms with Gasteiger partial charge < -0.3 is 20.8 Å². The molecule has 0 bridgehead atoms. The molecule has 0 aliphatic carbocycles. The fraction of sp³-hybridized carbons (Fsp3) is 0.296. The van der Waals surface area contributed by atoms with Crippen molar-refractivity contribution >= 4 is 35.3 Å². The zero-order valence-electron chi connectivity index (χ0n) is 22.1. The monoisotopic (exact) mass is 511 g/mol. The lowest BCUT2D eigenvalue weighted by molar-refractivity contribution is 0.00578. The summed E-state index contributed by atoms with van der Waals surface area (Å²) < 4.78 is 14.1. The summed E-state index contributed by atoms with van der Waals surface area (Å²) in [7, 11) is -0.611. The van der Waals surface area contributed by atoms with E-state index in [0.29, 0.717) is 17.3 Å². The molecule has 1 fully saturated rings. The summed E-state index contributed by atoms with van der Waals surface area (Å²) in [6.45, 7) is 10.0. The zero-order chi connectivity index (χ0) is 27.7. The van der Waals surface area contributed by atoms with Gasteiger partial charge in [-0.3, -0.25) is 9.36 Å². The predicted molar refractivity (Wildman–Crippen MR) is 148 cm³/mol. The first-order valence-electron chi connectivity index (χ1n) is 12.2. The number of nitriles is 1. The minimum atomic E-state index is -0.611. The Morgan fingerprint density at radius 3 is 2.24 bits per heavy atom. The summed E-state index contributed by atoms with van der Waals surface area (Å²) in [5.74, 6) is 0.932. The van der Waals surface area contributed by atoms with Crippen LogP contribution in [-0.2, 0) is 15.7 Å². The van der Waals surface area contributed by atoms with Crippen LogP contribution < -0.4 is 22.5 Å². The third-order valence-corrected chi connectivity index (χ3v) is 6.79. The molecule has 4 N–H and O–H groups in total. The summed E-state index contributed by atoms with van der Waals surface area (Å²) in [4.78, 5) is 25.5. The molecule has 5 rings (SSSR count). The number of aromatic nitrogens is 4. The van der Waals surface area contributed by atoms with Gasteiger partial charge in [-0.25, -0.2) is 9.97 Å². The van der Waals surface area contributed by atoms with Crippen molar-refractivity contribution in [2.75, 3.05) is 11.5 Å². The summed E-state index contributed by atoms with van der Waals surface area (Å²) in [6.07, 6.45) is 1.94. The first-order chi connectivity index (χ1) is 18.0. The maximum atomic E-state index is 13.6. The Balaban J connectivity index is 0.000000283. The Hall–Kier alpha value is -4.27. The molecule has 0 spiro atoms. The van der Waals surface area contributed by atoms with E-state index in [-0.39, 0.29) is 22.9 Å². The van der Waals surface area contributed by atoms with E-state index in [0.717, 1.165) is 17.0 Å². The van der Waals surface area contributed by atoms with Crippen LogP contribution in [-0.4, -0.2) is 37.8 Å². The number of rotatable bonds is 3. The number of anilines is 2. The van der Waals surface area contributed by atoms with E-state index in [1.165, 1.54) is 6.20 Å². The summed E-state index contributed by atoms with van der Waals surface area (Å²) in [5, 5.41) is 8.90. The van der Waals surface area contributed by atoms with E-state index in [2.05, 4.69) is 9.97 Å². The van der Waals surface area contributed by atoms with Crippen molar-refractivity contribution in [1.29, 1.82) is 5.26 Å². The van der Waals surface area contributed by atoms with Crippen molar-refractivity contribution in [3.05, 3.63) is 76.5 Å². The van der Waals surface area contributed by atoms with Crippen LogP contribution in [0, 0.1) is 11.3 Å². The fourth-order valence-electron chi connectivity index (χ4n) is 4.04. The van der Waals surface area contributed by atoms with Gasteiger partial charge in [-0.15, -0.1) is 0 Å². The van der Waals surface area contributed by atoms with Crippen LogP contribution in [0.15, 0.2) is 59.5 Å². The van der Waals surface area contributed by atoms with Crippen molar-refractivity contribution in [3.63, 3.8) is 0 Å². The Bertz CT molecular complexity index is 1560. The maximum Gasteiger partial charge on any atom is 0.495 e. The van der Waals surface area contributed by atoms with Crippen LogP contribution in [0.4, 0.5) is 11.8 Å². The van der Waals surface area contributed by atoms with Crippen molar-refractivity contribution < 1.29 is 9.31 Å². The highest BCUT2D eigenvalue weighted by Gasteiger charge is 2.52. The van der Waals surface area contributed by atoms with Crippen LogP contribution in [0.2, 0.25) is 0 Å². The molecule has 0 atom stereocenters. The zero-order valence-corrected chi connectivity index (χ0v) is 22.1. The van der Waals surface area contributed by atoms with E-state index in [1.807, 2.05) is 89.2 Å². The molecule has 2 aromatic carbocycles. The van der Waals surface area contributed by atoms with Gasteiger partial charge in [0, 0.05) is 6.42 Å². The number of fused-ring (bicyclic) bond motifs is 1. The highest BCUT2D eigenvalue weighted by atomic mass is 16.7. The number of benzene rings is 2. The van der Waals surface area contributed by atoms with Gasteiger partial charge in [0.15, 0.2) is 0 Å². The van der Waals surface area contributed by atoms with E-state index < -0.39 is 18.3 Å². The number of nitrogens with two attached hydrogens (primary N) is 2. The second-order valence-corrected chi connectivity index (χ2v) is 9.83. The summed E-state index contributed by atoms with van der Waals surface area (Å²) in [6, 6.07) is 17.1. The largest absolute Gasteiger partial charge is 0.495 e. The van der Waals surface area contributed by atoms with E-state index in [9.17, 15) is 4.79 Å². The highest BCUT2D eigenvalue weighted by Crippen LogP contribution is 2.36. The lowest BCUT2D eigenvalue weighted by Gasteiger charge is -2.32. The standard InChI is InChI=1S/C22H25BN2O3.C5H5N5/c1-6-18-24-17-14-10-13-16(23-27-21(2,3)22(4,5)28-23)19(17)20(26)25(18)15-11-8-7-9-12-15;6-1-3-2-9-5(8)10-4(3)7/h7-14H,6H2,1-5H3;2H,(H4,7,8,9,10). The molecule has 11 heteroatoms. The molecule has 1 aliphatic heterocycles. The van der Waals surface area contributed by atoms with Gasteiger partial charge in [0.25, 0.3) is 5.56 Å². The Morgan fingerprint density at radius 2 is 1.66 bits per heavy atom. The molecule has 0 amide bonds. The number of para-hydroxylation sites is 1. The lowest BCUT2D eigenvalue weighted by Crippen LogP contribution is -2.41. The maximum absolute atomic E-state index is 13.6.